The van der Waals surface area contributed by atoms with E-state index in [4.69, 9.17) is 4.74 Å². The number of hydrogen-bond acceptors (Lipinski definition) is 3. The van der Waals surface area contributed by atoms with Gasteiger partial charge in [-0.3, -0.25) is 0 Å². The first-order valence-corrected chi connectivity index (χ1v) is 16.8. The minimum atomic E-state index is 0.807. The maximum atomic E-state index is 5.96. The molecule has 39 heavy (non-hydrogen) atoms. The van der Waals surface area contributed by atoms with Crippen LogP contribution < -0.4 is 4.74 Å². The molecule has 1 aromatic carbocycles. The van der Waals surface area contributed by atoms with Crippen LogP contribution in [0.4, 0.5) is 0 Å². The predicted molar refractivity (Wildman–Crippen MR) is 167 cm³/mol. The van der Waals surface area contributed by atoms with Crippen LogP contribution >= 0.6 is 0 Å². The average Bonchev–Trinajstić information content (AvgIpc) is 2.98. The normalized spacial score (nSPS) is 17.4. The van der Waals surface area contributed by atoms with Crippen LogP contribution in [-0.4, -0.2) is 16.6 Å². The Balaban J connectivity index is 1.26. The summed E-state index contributed by atoms with van der Waals surface area (Å²) in [6.07, 6.45) is 32.8. The number of rotatable bonds is 21. The van der Waals surface area contributed by atoms with Crippen molar-refractivity contribution in [2.75, 3.05) is 6.61 Å². The van der Waals surface area contributed by atoms with Crippen molar-refractivity contribution in [1.82, 2.24) is 9.97 Å². The molecule has 0 spiro atoms. The Hall–Kier alpha value is -1.90. The van der Waals surface area contributed by atoms with Crippen LogP contribution in [0.5, 0.6) is 5.75 Å². The van der Waals surface area contributed by atoms with E-state index in [-0.39, 0.29) is 0 Å². The van der Waals surface area contributed by atoms with Crippen LogP contribution in [0.15, 0.2) is 36.7 Å². The molecule has 0 radical (unpaired) electrons. The standard InChI is InChI=1S/C36H58N2O/c1-3-5-7-9-10-11-12-14-16-28-39-35-26-24-34(25-27-35)36-37-29-33(30-38-36)23-22-32-20-18-31(19-21-32)17-15-13-8-6-4-2/h24-27,29-32H,3-23,28H2,1-2H3. The van der Waals surface area contributed by atoms with Gasteiger partial charge in [0.05, 0.1) is 6.61 Å². The van der Waals surface area contributed by atoms with E-state index in [2.05, 4.69) is 48.1 Å². The van der Waals surface area contributed by atoms with Crippen LogP contribution in [0.3, 0.4) is 0 Å². The third-order valence-corrected chi connectivity index (χ3v) is 8.86. The summed E-state index contributed by atoms with van der Waals surface area (Å²) >= 11 is 0. The molecule has 218 valence electrons. The summed E-state index contributed by atoms with van der Waals surface area (Å²) in [7, 11) is 0. The highest BCUT2D eigenvalue weighted by Crippen LogP contribution is 2.34. The number of unbranched alkanes of at least 4 members (excludes halogenated alkanes) is 12. The molecule has 0 amide bonds. The van der Waals surface area contributed by atoms with E-state index < -0.39 is 0 Å². The summed E-state index contributed by atoms with van der Waals surface area (Å²) in [6.45, 7) is 5.39. The fourth-order valence-electron chi connectivity index (χ4n) is 6.15. The third-order valence-electron chi connectivity index (χ3n) is 8.86. The Morgan fingerprint density at radius 3 is 1.72 bits per heavy atom. The molecule has 0 aliphatic heterocycles. The zero-order valence-electron chi connectivity index (χ0n) is 25.5. The van der Waals surface area contributed by atoms with E-state index in [1.165, 1.54) is 128 Å². The second-order valence-corrected chi connectivity index (χ2v) is 12.2. The maximum absolute atomic E-state index is 5.96. The van der Waals surface area contributed by atoms with Crippen molar-refractivity contribution < 1.29 is 4.74 Å². The molecule has 3 heteroatoms. The lowest BCUT2D eigenvalue weighted by molar-refractivity contribution is 0.248. The zero-order valence-corrected chi connectivity index (χ0v) is 25.5. The Labute approximate surface area is 241 Å². The smallest absolute Gasteiger partial charge is 0.159 e. The molecule has 1 saturated carbocycles. The van der Waals surface area contributed by atoms with Gasteiger partial charge in [0.25, 0.3) is 0 Å². The Morgan fingerprint density at radius 1 is 0.615 bits per heavy atom. The predicted octanol–water partition coefficient (Wildman–Crippen LogP) is 11.2. The molecule has 0 unspecified atom stereocenters. The van der Waals surface area contributed by atoms with E-state index >= 15 is 0 Å². The first-order chi connectivity index (χ1) is 19.3. The molecule has 1 aliphatic carbocycles. The molecule has 2 aromatic rings. The number of aryl methyl sites for hydroxylation is 1. The lowest BCUT2D eigenvalue weighted by Gasteiger charge is -2.28. The zero-order chi connectivity index (χ0) is 27.4. The summed E-state index contributed by atoms with van der Waals surface area (Å²) in [4.78, 5) is 9.37. The fourth-order valence-corrected chi connectivity index (χ4v) is 6.15. The van der Waals surface area contributed by atoms with Gasteiger partial charge in [-0.2, -0.15) is 0 Å². The van der Waals surface area contributed by atoms with Crippen molar-refractivity contribution in [1.29, 1.82) is 0 Å². The largest absolute Gasteiger partial charge is 0.494 e. The van der Waals surface area contributed by atoms with Crippen molar-refractivity contribution in [2.24, 2.45) is 11.8 Å². The minimum absolute atomic E-state index is 0.807. The van der Waals surface area contributed by atoms with Gasteiger partial charge >= 0.3 is 0 Å². The molecular formula is C36H58N2O. The van der Waals surface area contributed by atoms with Gasteiger partial charge in [0, 0.05) is 18.0 Å². The molecule has 0 atom stereocenters. The number of ether oxygens (including phenoxy) is 1. The Morgan fingerprint density at radius 2 is 1.13 bits per heavy atom. The van der Waals surface area contributed by atoms with Crippen molar-refractivity contribution in [3.8, 4) is 17.1 Å². The van der Waals surface area contributed by atoms with Gasteiger partial charge in [-0.1, -0.05) is 129 Å². The molecule has 1 fully saturated rings. The van der Waals surface area contributed by atoms with Crippen LogP contribution in [0, 0.1) is 11.8 Å². The van der Waals surface area contributed by atoms with Crippen LogP contribution in [-0.2, 0) is 6.42 Å². The summed E-state index contributed by atoms with van der Waals surface area (Å²) in [5, 5.41) is 0. The SMILES string of the molecule is CCCCCCCCCCCOc1ccc(-c2ncc(CCC3CCC(CCCCCCC)CC3)cn2)cc1. The van der Waals surface area contributed by atoms with Gasteiger partial charge < -0.3 is 4.74 Å². The molecule has 3 rings (SSSR count). The van der Waals surface area contributed by atoms with Gasteiger partial charge in [0.15, 0.2) is 5.82 Å². The van der Waals surface area contributed by atoms with Gasteiger partial charge in [0.2, 0.25) is 0 Å². The van der Waals surface area contributed by atoms with Gasteiger partial charge in [-0.25, -0.2) is 9.97 Å². The topological polar surface area (TPSA) is 35.0 Å². The quantitative estimate of drug-likeness (QED) is 0.149. The first kappa shape index (κ1) is 31.6. The highest BCUT2D eigenvalue weighted by atomic mass is 16.5. The summed E-state index contributed by atoms with van der Waals surface area (Å²) in [5.74, 6) is 3.64. The van der Waals surface area contributed by atoms with Crippen molar-refractivity contribution in [3.05, 3.63) is 42.2 Å². The summed E-state index contributed by atoms with van der Waals surface area (Å²) < 4.78 is 5.96. The molecular weight excluding hydrogens is 476 g/mol. The van der Waals surface area contributed by atoms with Gasteiger partial charge in [-0.05, 0) is 60.9 Å². The van der Waals surface area contributed by atoms with E-state index in [9.17, 15) is 0 Å². The number of benzene rings is 1. The van der Waals surface area contributed by atoms with Crippen LogP contribution in [0.2, 0.25) is 0 Å². The van der Waals surface area contributed by atoms with Crippen molar-refractivity contribution in [2.45, 2.75) is 149 Å². The van der Waals surface area contributed by atoms with Crippen molar-refractivity contribution >= 4 is 0 Å². The summed E-state index contributed by atoms with van der Waals surface area (Å²) in [6, 6.07) is 8.29. The molecule has 1 aromatic heterocycles. The second-order valence-electron chi connectivity index (χ2n) is 12.2. The summed E-state index contributed by atoms with van der Waals surface area (Å²) in [5.41, 5.74) is 2.34. The lowest BCUT2D eigenvalue weighted by atomic mass is 9.78. The van der Waals surface area contributed by atoms with E-state index in [1.54, 1.807) is 0 Å². The van der Waals surface area contributed by atoms with Crippen LogP contribution in [0.25, 0.3) is 11.4 Å². The molecule has 1 heterocycles. The molecule has 0 bridgehead atoms. The molecule has 3 nitrogen and oxygen atoms in total. The maximum Gasteiger partial charge on any atom is 0.159 e. The first-order valence-electron chi connectivity index (χ1n) is 16.8. The van der Waals surface area contributed by atoms with E-state index in [0.717, 1.165) is 48.4 Å². The second kappa shape index (κ2) is 20.0. The Kier molecular flexibility index (Phi) is 16.3. The lowest BCUT2D eigenvalue weighted by Crippen LogP contribution is -2.15. The third kappa shape index (κ3) is 13.3. The van der Waals surface area contributed by atoms with E-state index in [1.807, 2.05) is 12.4 Å². The highest BCUT2D eigenvalue weighted by Gasteiger charge is 2.20. The number of hydrogen-bond donors (Lipinski definition) is 0. The van der Waals surface area contributed by atoms with Crippen LogP contribution in [0.1, 0.15) is 148 Å². The number of aromatic nitrogens is 2. The van der Waals surface area contributed by atoms with Gasteiger partial charge in [0.1, 0.15) is 5.75 Å². The van der Waals surface area contributed by atoms with Crippen molar-refractivity contribution in [3.63, 3.8) is 0 Å². The monoisotopic (exact) mass is 534 g/mol. The molecule has 0 N–H and O–H groups in total. The minimum Gasteiger partial charge on any atom is -0.494 e. The van der Waals surface area contributed by atoms with E-state index in [0.29, 0.717) is 0 Å². The molecule has 0 saturated heterocycles. The molecule has 1 aliphatic rings. The van der Waals surface area contributed by atoms with Gasteiger partial charge in [-0.15, -0.1) is 0 Å². The fraction of sp³-hybridized carbons (Fsp3) is 0.722. The highest BCUT2D eigenvalue weighted by molar-refractivity contribution is 5.55. The Bertz CT molecular complexity index is 839. The average molecular weight is 535 g/mol. The number of nitrogens with zero attached hydrogens (tertiary/aromatic N) is 2.